The van der Waals surface area contributed by atoms with Crippen LogP contribution < -0.4 is 0 Å². The van der Waals surface area contributed by atoms with Crippen LogP contribution in [0.15, 0.2) is 0 Å². The molecular weight excluding hydrogens is 170 g/mol. The monoisotopic (exact) mass is 187 g/mol. The molecule has 70 valence electrons. The lowest BCUT2D eigenvalue weighted by atomic mass is 10.2. The fraction of sp³-hybridized carbons (Fsp3) is 0.889. The average molecular weight is 187 g/mol. The SMILES string of the molecule is CCCC(S)C(=O)N1CCCC1. The van der Waals surface area contributed by atoms with Crippen LogP contribution >= 0.6 is 12.6 Å². The van der Waals surface area contributed by atoms with E-state index < -0.39 is 0 Å². The van der Waals surface area contributed by atoms with Gasteiger partial charge in [0, 0.05) is 13.1 Å². The first-order valence-electron chi connectivity index (χ1n) is 4.72. The minimum atomic E-state index is -0.0619. The van der Waals surface area contributed by atoms with Crippen molar-refractivity contribution in [3.05, 3.63) is 0 Å². The van der Waals surface area contributed by atoms with Crippen LogP contribution in [0.1, 0.15) is 32.6 Å². The number of carbonyl (C=O) groups excluding carboxylic acids is 1. The Morgan fingerprint density at radius 3 is 2.58 bits per heavy atom. The van der Waals surface area contributed by atoms with Gasteiger partial charge in [-0.2, -0.15) is 12.6 Å². The van der Waals surface area contributed by atoms with Gasteiger partial charge < -0.3 is 4.90 Å². The van der Waals surface area contributed by atoms with Gasteiger partial charge in [-0.15, -0.1) is 0 Å². The molecule has 0 aromatic heterocycles. The summed E-state index contributed by atoms with van der Waals surface area (Å²) in [7, 11) is 0. The van der Waals surface area contributed by atoms with E-state index in [0.29, 0.717) is 0 Å². The van der Waals surface area contributed by atoms with E-state index in [0.717, 1.165) is 25.9 Å². The molecule has 1 aliphatic rings. The molecule has 0 aromatic carbocycles. The molecule has 0 N–H and O–H groups in total. The Morgan fingerprint density at radius 2 is 2.08 bits per heavy atom. The number of hydrogen-bond acceptors (Lipinski definition) is 2. The normalized spacial score (nSPS) is 19.7. The Kier molecular flexibility index (Phi) is 3.92. The van der Waals surface area contributed by atoms with E-state index in [1.807, 2.05) is 4.90 Å². The largest absolute Gasteiger partial charge is 0.342 e. The Hall–Kier alpha value is -0.180. The van der Waals surface area contributed by atoms with Crippen LogP contribution in [0.4, 0.5) is 0 Å². The summed E-state index contributed by atoms with van der Waals surface area (Å²) in [5.41, 5.74) is 0. The number of rotatable bonds is 3. The Labute approximate surface area is 79.7 Å². The second kappa shape index (κ2) is 4.75. The molecule has 0 saturated carbocycles. The minimum Gasteiger partial charge on any atom is -0.342 e. The van der Waals surface area contributed by atoms with Gasteiger partial charge in [0.15, 0.2) is 0 Å². The third-order valence-corrected chi connectivity index (χ3v) is 2.74. The van der Waals surface area contributed by atoms with Crippen molar-refractivity contribution in [3.8, 4) is 0 Å². The summed E-state index contributed by atoms with van der Waals surface area (Å²) in [6, 6.07) is 0. The molecule has 1 saturated heterocycles. The van der Waals surface area contributed by atoms with E-state index in [-0.39, 0.29) is 11.2 Å². The molecule has 1 aliphatic heterocycles. The fourth-order valence-electron chi connectivity index (χ4n) is 1.55. The van der Waals surface area contributed by atoms with Gasteiger partial charge in [-0.1, -0.05) is 13.3 Å². The highest BCUT2D eigenvalue weighted by Crippen LogP contribution is 2.14. The molecule has 0 aromatic rings. The van der Waals surface area contributed by atoms with Crippen LogP contribution in [0.25, 0.3) is 0 Å². The molecule has 1 amide bonds. The summed E-state index contributed by atoms with van der Waals surface area (Å²) in [6.45, 7) is 3.97. The predicted octanol–water partition coefficient (Wildman–Crippen LogP) is 1.71. The van der Waals surface area contributed by atoms with Crippen molar-refractivity contribution in [1.82, 2.24) is 4.90 Å². The zero-order valence-electron chi connectivity index (χ0n) is 7.62. The molecule has 0 radical (unpaired) electrons. The zero-order chi connectivity index (χ0) is 8.97. The fourth-order valence-corrected chi connectivity index (χ4v) is 1.97. The molecular formula is C9H17NOS. The Morgan fingerprint density at radius 1 is 1.50 bits per heavy atom. The number of hydrogen-bond donors (Lipinski definition) is 1. The van der Waals surface area contributed by atoms with E-state index >= 15 is 0 Å². The third kappa shape index (κ3) is 2.41. The highest BCUT2D eigenvalue weighted by molar-refractivity contribution is 7.81. The second-order valence-corrected chi connectivity index (χ2v) is 3.96. The van der Waals surface area contributed by atoms with Crippen LogP contribution in [-0.4, -0.2) is 29.1 Å². The zero-order valence-corrected chi connectivity index (χ0v) is 8.52. The number of likely N-dealkylation sites (tertiary alicyclic amines) is 1. The first-order chi connectivity index (χ1) is 5.75. The van der Waals surface area contributed by atoms with Crippen molar-refractivity contribution >= 4 is 18.5 Å². The second-order valence-electron chi connectivity index (χ2n) is 3.34. The van der Waals surface area contributed by atoms with Crippen LogP contribution in [0.5, 0.6) is 0 Å². The molecule has 1 heterocycles. The smallest absolute Gasteiger partial charge is 0.235 e. The van der Waals surface area contributed by atoms with Gasteiger partial charge in [0.05, 0.1) is 5.25 Å². The third-order valence-electron chi connectivity index (χ3n) is 2.26. The van der Waals surface area contributed by atoms with Crippen molar-refractivity contribution in [3.63, 3.8) is 0 Å². The average Bonchev–Trinajstić information content (AvgIpc) is 2.55. The maximum absolute atomic E-state index is 11.6. The number of nitrogens with zero attached hydrogens (tertiary/aromatic N) is 1. The van der Waals surface area contributed by atoms with Crippen molar-refractivity contribution < 1.29 is 4.79 Å². The van der Waals surface area contributed by atoms with Crippen LogP contribution in [-0.2, 0) is 4.79 Å². The lowest BCUT2D eigenvalue weighted by molar-refractivity contribution is -0.129. The Balaban J connectivity index is 2.34. The van der Waals surface area contributed by atoms with Crippen molar-refractivity contribution in [2.45, 2.75) is 37.9 Å². The minimum absolute atomic E-state index is 0.0619. The summed E-state index contributed by atoms with van der Waals surface area (Å²) in [4.78, 5) is 13.5. The maximum Gasteiger partial charge on any atom is 0.235 e. The van der Waals surface area contributed by atoms with E-state index in [1.54, 1.807) is 0 Å². The number of thiol groups is 1. The molecule has 0 spiro atoms. The van der Waals surface area contributed by atoms with Gasteiger partial charge in [0.2, 0.25) is 5.91 Å². The van der Waals surface area contributed by atoms with Gasteiger partial charge in [0.1, 0.15) is 0 Å². The molecule has 0 bridgehead atoms. The first-order valence-corrected chi connectivity index (χ1v) is 5.24. The lowest BCUT2D eigenvalue weighted by Gasteiger charge is -2.18. The topological polar surface area (TPSA) is 20.3 Å². The molecule has 1 rings (SSSR count). The van der Waals surface area contributed by atoms with Crippen LogP contribution in [0.3, 0.4) is 0 Å². The molecule has 12 heavy (non-hydrogen) atoms. The highest BCUT2D eigenvalue weighted by Gasteiger charge is 2.22. The lowest BCUT2D eigenvalue weighted by Crippen LogP contribution is -2.34. The summed E-state index contributed by atoms with van der Waals surface area (Å²) in [5, 5.41) is -0.0619. The van der Waals surface area contributed by atoms with Gasteiger partial charge in [-0.3, -0.25) is 4.79 Å². The summed E-state index contributed by atoms with van der Waals surface area (Å²) < 4.78 is 0. The molecule has 1 fully saturated rings. The van der Waals surface area contributed by atoms with E-state index in [2.05, 4.69) is 19.6 Å². The first kappa shape index (κ1) is 9.90. The molecule has 2 nitrogen and oxygen atoms in total. The maximum atomic E-state index is 11.6. The molecule has 1 unspecified atom stereocenters. The standard InChI is InChI=1S/C9H17NOS/c1-2-5-8(12)9(11)10-6-3-4-7-10/h8,12H,2-7H2,1H3. The van der Waals surface area contributed by atoms with Gasteiger partial charge in [-0.25, -0.2) is 0 Å². The molecule has 0 aliphatic carbocycles. The van der Waals surface area contributed by atoms with E-state index in [4.69, 9.17) is 0 Å². The number of amides is 1. The van der Waals surface area contributed by atoms with Gasteiger partial charge >= 0.3 is 0 Å². The van der Waals surface area contributed by atoms with Crippen LogP contribution in [0.2, 0.25) is 0 Å². The van der Waals surface area contributed by atoms with Gasteiger partial charge in [0.25, 0.3) is 0 Å². The van der Waals surface area contributed by atoms with Crippen molar-refractivity contribution in [2.75, 3.05) is 13.1 Å². The Bertz CT molecular complexity index is 155. The summed E-state index contributed by atoms with van der Waals surface area (Å²) in [5.74, 6) is 0.234. The molecule has 3 heteroatoms. The van der Waals surface area contributed by atoms with E-state index in [9.17, 15) is 4.79 Å². The summed E-state index contributed by atoms with van der Waals surface area (Å²) >= 11 is 4.29. The quantitative estimate of drug-likeness (QED) is 0.667. The number of carbonyl (C=O) groups is 1. The predicted molar refractivity (Wildman–Crippen MR) is 53.5 cm³/mol. The highest BCUT2D eigenvalue weighted by atomic mass is 32.1. The van der Waals surface area contributed by atoms with E-state index in [1.165, 1.54) is 12.8 Å². The molecule has 1 atom stereocenters. The van der Waals surface area contributed by atoms with Crippen molar-refractivity contribution in [1.29, 1.82) is 0 Å². The van der Waals surface area contributed by atoms with Crippen LogP contribution in [0, 0.1) is 0 Å². The van der Waals surface area contributed by atoms with Crippen molar-refractivity contribution in [2.24, 2.45) is 0 Å². The van der Waals surface area contributed by atoms with Gasteiger partial charge in [-0.05, 0) is 19.3 Å². The summed E-state index contributed by atoms with van der Waals surface area (Å²) in [6.07, 6.45) is 4.27.